The number of aromatic nitrogens is 2. The summed E-state index contributed by atoms with van der Waals surface area (Å²) in [4.78, 5) is 7.33. The number of H-pyrrole nitrogens is 1. The van der Waals surface area contributed by atoms with Crippen LogP contribution in [-0.4, -0.2) is 28.2 Å². The fourth-order valence-corrected chi connectivity index (χ4v) is 2.56. The first-order chi connectivity index (χ1) is 7.81. The highest BCUT2D eigenvalue weighted by Crippen LogP contribution is 2.30. The molecule has 1 aliphatic carbocycles. The van der Waals surface area contributed by atoms with Crippen molar-refractivity contribution in [3.05, 3.63) is 17.7 Å². The normalized spacial score (nSPS) is 25.1. The van der Waals surface area contributed by atoms with Gasteiger partial charge < -0.3 is 15.4 Å². The van der Waals surface area contributed by atoms with Crippen molar-refractivity contribution in [2.24, 2.45) is 11.8 Å². The Morgan fingerprint density at radius 3 is 3.00 bits per heavy atom. The molecule has 4 heteroatoms. The predicted molar refractivity (Wildman–Crippen MR) is 62.9 cm³/mol. The number of aliphatic hydroxyl groups is 1. The molecule has 0 spiro atoms. The first kappa shape index (κ1) is 11.6. The number of hydrogen-bond acceptors (Lipinski definition) is 3. The van der Waals surface area contributed by atoms with Gasteiger partial charge in [0.1, 0.15) is 0 Å². The van der Waals surface area contributed by atoms with E-state index in [2.05, 4.69) is 15.3 Å². The maximum absolute atomic E-state index is 9.22. The zero-order valence-electron chi connectivity index (χ0n) is 9.87. The Morgan fingerprint density at radius 2 is 2.31 bits per heavy atom. The largest absolute Gasteiger partial charge is 0.396 e. The van der Waals surface area contributed by atoms with Gasteiger partial charge in [0.25, 0.3) is 0 Å². The summed E-state index contributed by atoms with van der Waals surface area (Å²) >= 11 is 0. The summed E-state index contributed by atoms with van der Waals surface area (Å²) in [5.41, 5.74) is 2.23. The Labute approximate surface area is 96.5 Å². The van der Waals surface area contributed by atoms with E-state index in [4.69, 9.17) is 0 Å². The average molecular weight is 223 g/mol. The van der Waals surface area contributed by atoms with Crippen molar-refractivity contribution in [2.75, 3.05) is 13.2 Å². The summed E-state index contributed by atoms with van der Waals surface area (Å²) in [5.74, 6) is 1.15. The second-order valence-corrected chi connectivity index (χ2v) is 4.74. The summed E-state index contributed by atoms with van der Waals surface area (Å²) in [7, 11) is 0. The second kappa shape index (κ2) is 5.46. The molecule has 2 atom stereocenters. The maximum Gasteiger partial charge on any atom is 0.0925 e. The van der Waals surface area contributed by atoms with Gasteiger partial charge in [0.2, 0.25) is 0 Å². The van der Waals surface area contributed by atoms with Gasteiger partial charge in [-0.15, -0.1) is 0 Å². The molecule has 0 bridgehead atoms. The van der Waals surface area contributed by atoms with Crippen LogP contribution in [0.1, 0.15) is 30.7 Å². The highest BCUT2D eigenvalue weighted by Gasteiger charge is 2.25. The van der Waals surface area contributed by atoms with E-state index in [0.29, 0.717) is 18.4 Å². The third kappa shape index (κ3) is 2.62. The molecule has 2 unspecified atom stereocenters. The molecule has 0 amide bonds. The molecule has 1 saturated carbocycles. The number of aromatic amines is 1. The van der Waals surface area contributed by atoms with Crippen molar-refractivity contribution in [1.29, 1.82) is 0 Å². The lowest BCUT2D eigenvalue weighted by Gasteiger charge is -2.17. The van der Waals surface area contributed by atoms with Crippen LogP contribution in [0.15, 0.2) is 6.33 Å². The molecule has 1 aromatic rings. The Kier molecular flexibility index (Phi) is 3.96. The maximum atomic E-state index is 9.22. The van der Waals surface area contributed by atoms with Gasteiger partial charge in [-0.05, 0) is 38.1 Å². The minimum atomic E-state index is 0.341. The molecule has 0 aromatic carbocycles. The van der Waals surface area contributed by atoms with E-state index in [0.717, 1.165) is 24.5 Å². The van der Waals surface area contributed by atoms with Crippen LogP contribution in [0.2, 0.25) is 0 Å². The van der Waals surface area contributed by atoms with E-state index in [1.807, 2.05) is 6.92 Å². The first-order valence-electron chi connectivity index (χ1n) is 6.11. The number of aliphatic hydroxyl groups excluding tert-OH is 1. The van der Waals surface area contributed by atoms with Crippen LogP contribution < -0.4 is 5.32 Å². The summed E-state index contributed by atoms with van der Waals surface area (Å²) in [6.07, 6.45) is 5.43. The zero-order valence-corrected chi connectivity index (χ0v) is 9.87. The Hall–Kier alpha value is -0.870. The van der Waals surface area contributed by atoms with E-state index in [-0.39, 0.29) is 0 Å². The van der Waals surface area contributed by atoms with E-state index in [9.17, 15) is 5.11 Å². The lowest BCUT2D eigenvalue weighted by molar-refractivity contribution is 0.192. The summed E-state index contributed by atoms with van der Waals surface area (Å²) in [5, 5.41) is 12.7. The van der Waals surface area contributed by atoms with Crippen molar-refractivity contribution in [2.45, 2.75) is 32.7 Å². The van der Waals surface area contributed by atoms with Crippen molar-refractivity contribution in [1.82, 2.24) is 15.3 Å². The summed E-state index contributed by atoms with van der Waals surface area (Å²) in [6.45, 7) is 4.20. The van der Waals surface area contributed by atoms with Gasteiger partial charge in [0.05, 0.1) is 12.0 Å². The summed E-state index contributed by atoms with van der Waals surface area (Å²) in [6, 6.07) is 0. The Morgan fingerprint density at radius 1 is 1.50 bits per heavy atom. The Balaban J connectivity index is 1.74. The lowest BCUT2D eigenvalue weighted by atomic mass is 9.97. The molecule has 0 radical (unpaired) electrons. The van der Waals surface area contributed by atoms with Gasteiger partial charge in [0, 0.05) is 18.8 Å². The van der Waals surface area contributed by atoms with Crippen molar-refractivity contribution in [3.8, 4) is 0 Å². The van der Waals surface area contributed by atoms with Gasteiger partial charge in [-0.1, -0.05) is 6.42 Å². The molecular weight excluding hydrogens is 202 g/mol. The SMILES string of the molecule is Cc1[nH]cnc1CNCC1CCCC1CO. The number of aryl methyl sites for hydroxylation is 1. The predicted octanol–water partition coefficient (Wildman–Crippen LogP) is 1.22. The molecule has 3 N–H and O–H groups in total. The number of imidazole rings is 1. The highest BCUT2D eigenvalue weighted by atomic mass is 16.3. The van der Waals surface area contributed by atoms with Gasteiger partial charge in [-0.25, -0.2) is 4.98 Å². The van der Waals surface area contributed by atoms with Gasteiger partial charge >= 0.3 is 0 Å². The van der Waals surface area contributed by atoms with Crippen molar-refractivity contribution in [3.63, 3.8) is 0 Å². The first-order valence-corrected chi connectivity index (χ1v) is 6.11. The van der Waals surface area contributed by atoms with Crippen LogP contribution >= 0.6 is 0 Å². The molecule has 1 aromatic heterocycles. The molecule has 90 valence electrons. The van der Waals surface area contributed by atoms with E-state index < -0.39 is 0 Å². The molecular formula is C12H21N3O. The fourth-order valence-electron chi connectivity index (χ4n) is 2.56. The number of rotatable bonds is 5. The second-order valence-electron chi connectivity index (χ2n) is 4.74. The molecule has 0 aliphatic heterocycles. The standard InChI is InChI=1S/C12H21N3O/c1-9-12(15-8-14-9)6-13-5-10-3-2-4-11(10)7-16/h8,10-11,13,16H,2-7H2,1H3,(H,14,15). The number of hydrogen-bond donors (Lipinski definition) is 3. The van der Waals surface area contributed by atoms with Crippen molar-refractivity contribution >= 4 is 0 Å². The van der Waals surface area contributed by atoms with Crippen molar-refractivity contribution < 1.29 is 5.11 Å². The quantitative estimate of drug-likeness (QED) is 0.703. The molecule has 2 rings (SSSR count). The molecule has 1 aliphatic rings. The summed E-state index contributed by atoms with van der Waals surface area (Å²) < 4.78 is 0. The van der Waals surface area contributed by atoms with Crippen LogP contribution in [0.4, 0.5) is 0 Å². The molecule has 0 saturated heterocycles. The van der Waals surface area contributed by atoms with E-state index in [1.165, 1.54) is 19.3 Å². The van der Waals surface area contributed by atoms with Crippen LogP contribution in [0.25, 0.3) is 0 Å². The smallest absolute Gasteiger partial charge is 0.0925 e. The molecule has 1 heterocycles. The third-order valence-electron chi connectivity index (χ3n) is 3.68. The Bertz CT molecular complexity index is 324. The minimum Gasteiger partial charge on any atom is -0.396 e. The monoisotopic (exact) mass is 223 g/mol. The van der Waals surface area contributed by atoms with Gasteiger partial charge in [0.15, 0.2) is 0 Å². The van der Waals surface area contributed by atoms with Gasteiger partial charge in [-0.3, -0.25) is 0 Å². The lowest BCUT2D eigenvalue weighted by Crippen LogP contribution is -2.26. The third-order valence-corrected chi connectivity index (χ3v) is 3.68. The van der Waals surface area contributed by atoms with Gasteiger partial charge in [-0.2, -0.15) is 0 Å². The minimum absolute atomic E-state index is 0.341. The van der Waals surface area contributed by atoms with Crippen LogP contribution in [0, 0.1) is 18.8 Å². The average Bonchev–Trinajstić information content (AvgIpc) is 2.88. The fraction of sp³-hybridized carbons (Fsp3) is 0.750. The number of nitrogens with one attached hydrogen (secondary N) is 2. The molecule has 1 fully saturated rings. The molecule has 4 nitrogen and oxygen atoms in total. The highest BCUT2D eigenvalue weighted by molar-refractivity contribution is 5.07. The number of nitrogens with zero attached hydrogens (tertiary/aromatic N) is 1. The van der Waals surface area contributed by atoms with Crippen LogP contribution in [-0.2, 0) is 6.54 Å². The zero-order chi connectivity index (χ0) is 11.4. The molecule has 16 heavy (non-hydrogen) atoms. The van der Waals surface area contributed by atoms with E-state index in [1.54, 1.807) is 6.33 Å². The van der Waals surface area contributed by atoms with E-state index >= 15 is 0 Å². The van der Waals surface area contributed by atoms with Crippen LogP contribution in [0.5, 0.6) is 0 Å². The van der Waals surface area contributed by atoms with Crippen LogP contribution in [0.3, 0.4) is 0 Å². The topological polar surface area (TPSA) is 60.9 Å².